The maximum absolute atomic E-state index is 11.7. The Labute approximate surface area is 109 Å². The molecule has 0 aromatic carbocycles. The number of aromatic amines is 1. The smallest absolute Gasteiger partial charge is 0.304 e. The Morgan fingerprint density at radius 3 is 3.00 bits per heavy atom. The van der Waals surface area contributed by atoms with Crippen molar-refractivity contribution in [1.82, 2.24) is 15.3 Å². The minimum absolute atomic E-state index is 0.127. The molecular weight excluding hydrogens is 306 g/mol. The van der Waals surface area contributed by atoms with Crippen LogP contribution in [0.25, 0.3) is 0 Å². The molecule has 2 N–H and O–H groups in total. The SMILES string of the molecule is O=C(NCc1csc(=O)[nH]1)c1cncc(Br)c1. The summed E-state index contributed by atoms with van der Waals surface area (Å²) in [5, 5.41) is 4.37. The van der Waals surface area contributed by atoms with Gasteiger partial charge in [-0.05, 0) is 22.0 Å². The highest BCUT2D eigenvalue weighted by Gasteiger charge is 2.06. The van der Waals surface area contributed by atoms with E-state index in [4.69, 9.17) is 0 Å². The van der Waals surface area contributed by atoms with E-state index in [1.807, 2.05) is 0 Å². The second-order valence-corrected chi connectivity index (χ2v) is 5.01. The lowest BCUT2D eigenvalue weighted by Crippen LogP contribution is -2.23. The van der Waals surface area contributed by atoms with E-state index in [9.17, 15) is 9.59 Å². The van der Waals surface area contributed by atoms with Gasteiger partial charge in [0.25, 0.3) is 5.91 Å². The van der Waals surface area contributed by atoms with Crippen molar-refractivity contribution in [1.29, 1.82) is 0 Å². The molecule has 2 aromatic rings. The van der Waals surface area contributed by atoms with Gasteiger partial charge < -0.3 is 10.3 Å². The van der Waals surface area contributed by atoms with E-state index in [1.54, 1.807) is 17.6 Å². The summed E-state index contributed by atoms with van der Waals surface area (Å²) in [5.74, 6) is -0.231. The summed E-state index contributed by atoms with van der Waals surface area (Å²) >= 11 is 4.31. The highest BCUT2D eigenvalue weighted by atomic mass is 79.9. The van der Waals surface area contributed by atoms with E-state index in [-0.39, 0.29) is 10.8 Å². The normalized spacial score (nSPS) is 10.2. The molecule has 0 saturated carbocycles. The van der Waals surface area contributed by atoms with Gasteiger partial charge >= 0.3 is 4.87 Å². The number of rotatable bonds is 3. The number of carbonyl (C=O) groups excluding carboxylic acids is 1. The summed E-state index contributed by atoms with van der Waals surface area (Å²) in [6, 6.07) is 1.68. The molecule has 0 aliphatic rings. The van der Waals surface area contributed by atoms with Gasteiger partial charge in [0, 0.05) is 27.9 Å². The van der Waals surface area contributed by atoms with Gasteiger partial charge in [-0.25, -0.2) is 0 Å². The number of hydrogen-bond acceptors (Lipinski definition) is 4. The van der Waals surface area contributed by atoms with E-state index in [2.05, 4.69) is 31.2 Å². The van der Waals surface area contributed by atoms with Gasteiger partial charge in [0.1, 0.15) is 0 Å². The van der Waals surface area contributed by atoms with Crippen LogP contribution in [0, 0.1) is 0 Å². The van der Waals surface area contributed by atoms with Crippen molar-refractivity contribution < 1.29 is 4.79 Å². The van der Waals surface area contributed by atoms with Crippen LogP contribution in [0.5, 0.6) is 0 Å². The number of amides is 1. The Kier molecular flexibility index (Phi) is 3.70. The van der Waals surface area contributed by atoms with Gasteiger partial charge in [0.05, 0.1) is 12.1 Å². The van der Waals surface area contributed by atoms with Crippen LogP contribution in [0.4, 0.5) is 0 Å². The highest BCUT2D eigenvalue weighted by Crippen LogP contribution is 2.09. The number of aromatic nitrogens is 2. The van der Waals surface area contributed by atoms with Gasteiger partial charge in [-0.15, -0.1) is 0 Å². The number of pyridine rings is 1. The Morgan fingerprint density at radius 2 is 2.35 bits per heavy atom. The Bertz CT molecular complexity index is 593. The first kappa shape index (κ1) is 12.0. The molecule has 0 radical (unpaired) electrons. The minimum Gasteiger partial charge on any atom is -0.346 e. The number of H-pyrrole nitrogens is 1. The third-order valence-electron chi connectivity index (χ3n) is 1.98. The molecular formula is C10H8BrN3O2S. The molecule has 2 aromatic heterocycles. The van der Waals surface area contributed by atoms with Gasteiger partial charge in [0.2, 0.25) is 0 Å². The van der Waals surface area contributed by atoms with Crippen LogP contribution < -0.4 is 10.2 Å². The highest BCUT2D eigenvalue weighted by molar-refractivity contribution is 9.10. The first-order valence-electron chi connectivity index (χ1n) is 4.70. The summed E-state index contributed by atoms with van der Waals surface area (Å²) < 4.78 is 0.745. The molecule has 0 aliphatic carbocycles. The monoisotopic (exact) mass is 313 g/mol. The quantitative estimate of drug-likeness (QED) is 0.902. The van der Waals surface area contributed by atoms with E-state index in [1.165, 1.54) is 6.20 Å². The predicted molar refractivity (Wildman–Crippen MR) is 68.0 cm³/mol. The van der Waals surface area contributed by atoms with E-state index >= 15 is 0 Å². The van der Waals surface area contributed by atoms with Crippen LogP contribution in [0.1, 0.15) is 16.1 Å². The molecule has 1 amide bonds. The van der Waals surface area contributed by atoms with Gasteiger partial charge in [-0.2, -0.15) is 0 Å². The lowest BCUT2D eigenvalue weighted by atomic mass is 10.2. The van der Waals surface area contributed by atoms with E-state index < -0.39 is 0 Å². The van der Waals surface area contributed by atoms with Gasteiger partial charge in [-0.1, -0.05) is 11.3 Å². The van der Waals surface area contributed by atoms with Crippen LogP contribution in [-0.4, -0.2) is 15.9 Å². The maximum Gasteiger partial charge on any atom is 0.304 e. The van der Waals surface area contributed by atoms with Crippen LogP contribution in [0.2, 0.25) is 0 Å². The predicted octanol–water partition coefficient (Wildman–Crippen LogP) is 1.52. The second-order valence-electron chi connectivity index (χ2n) is 3.25. The molecule has 2 heterocycles. The Morgan fingerprint density at radius 1 is 1.53 bits per heavy atom. The van der Waals surface area contributed by atoms with Crippen molar-refractivity contribution in [3.63, 3.8) is 0 Å². The molecule has 0 aliphatic heterocycles. The fraction of sp³-hybridized carbons (Fsp3) is 0.100. The first-order chi connectivity index (χ1) is 8.15. The molecule has 0 fully saturated rings. The van der Waals surface area contributed by atoms with Gasteiger partial charge in [0.15, 0.2) is 0 Å². The van der Waals surface area contributed by atoms with E-state index in [0.29, 0.717) is 17.8 Å². The van der Waals surface area contributed by atoms with Gasteiger partial charge in [-0.3, -0.25) is 14.6 Å². The van der Waals surface area contributed by atoms with Crippen molar-refractivity contribution in [2.45, 2.75) is 6.54 Å². The molecule has 0 unspecified atom stereocenters. The summed E-state index contributed by atoms with van der Waals surface area (Å²) in [6.07, 6.45) is 3.09. The fourth-order valence-electron chi connectivity index (χ4n) is 1.21. The minimum atomic E-state index is -0.231. The summed E-state index contributed by atoms with van der Waals surface area (Å²) in [7, 11) is 0. The zero-order chi connectivity index (χ0) is 12.3. The van der Waals surface area contributed by atoms with Crippen molar-refractivity contribution in [3.05, 3.63) is 49.2 Å². The molecule has 0 spiro atoms. The standard InChI is InChI=1S/C10H8BrN3O2S/c11-7-1-6(2-12-3-7)9(15)13-4-8-5-17-10(16)14-8/h1-3,5H,4H2,(H,13,15)(H,14,16). The lowest BCUT2D eigenvalue weighted by Gasteiger charge is -2.03. The third-order valence-corrected chi connectivity index (χ3v) is 3.13. The molecule has 5 nitrogen and oxygen atoms in total. The Hall–Kier alpha value is -1.47. The number of thiazole rings is 1. The lowest BCUT2D eigenvalue weighted by molar-refractivity contribution is 0.0950. The topological polar surface area (TPSA) is 74.8 Å². The van der Waals surface area contributed by atoms with Crippen molar-refractivity contribution in [2.24, 2.45) is 0 Å². The van der Waals surface area contributed by atoms with Crippen molar-refractivity contribution >= 4 is 33.2 Å². The largest absolute Gasteiger partial charge is 0.346 e. The molecule has 0 atom stereocenters. The third kappa shape index (κ3) is 3.24. The Balaban J connectivity index is 2.00. The average molecular weight is 314 g/mol. The number of halogens is 1. The van der Waals surface area contributed by atoms with Crippen LogP contribution in [0.15, 0.2) is 33.1 Å². The number of carbonyl (C=O) groups is 1. The molecule has 0 saturated heterocycles. The molecule has 0 bridgehead atoms. The van der Waals surface area contributed by atoms with Crippen molar-refractivity contribution in [2.75, 3.05) is 0 Å². The fourth-order valence-corrected chi connectivity index (χ4v) is 2.16. The number of hydrogen-bond donors (Lipinski definition) is 2. The second kappa shape index (κ2) is 5.24. The zero-order valence-corrected chi connectivity index (χ0v) is 11.0. The van der Waals surface area contributed by atoms with Crippen LogP contribution >= 0.6 is 27.3 Å². The molecule has 7 heteroatoms. The molecule has 2 rings (SSSR count). The average Bonchev–Trinajstić information content (AvgIpc) is 2.72. The zero-order valence-electron chi connectivity index (χ0n) is 8.57. The molecule has 88 valence electrons. The first-order valence-corrected chi connectivity index (χ1v) is 6.38. The summed E-state index contributed by atoms with van der Waals surface area (Å²) in [5.41, 5.74) is 1.16. The number of nitrogens with zero attached hydrogens (tertiary/aromatic N) is 1. The van der Waals surface area contributed by atoms with E-state index in [0.717, 1.165) is 15.8 Å². The summed E-state index contributed by atoms with van der Waals surface area (Å²) in [6.45, 7) is 0.296. The maximum atomic E-state index is 11.7. The molecule has 17 heavy (non-hydrogen) atoms. The van der Waals surface area contributed by atoms with Crippen LogP contribution in [0.3, 0.4) is 0 Å². The number of nitrogens with one attached hydrogen (secondary N) is 2. The summed E-state index contributed by atoms with van der Waals surface area (Å²) in [4.78, 5) is 29.0. The van der Waals surface area contributed by atoms with Crippen LogP contribution in [-0.2, 0) is 6.54 Å². The van der Waals surface area contributed by atoms with Crippen molar-refractivity contribution in [3.8, 4) is 0 Å².